The molecule has 6 nitrogen and oxygen atoms in total. The molecule has 0 saturated carbocycles. The summed E-state index contributed by atoms with van der Waals surface area (Å²) in [6, 6.07) is 0. The molecule has 0 fully saturated rings. The number of hydrogen-bond donors (Lipinski definition) is 1. The molecule has 1 rings (SSSR count). The Balaban J connectivity index is 3.10. The van der Waals surface area contributed by atoms with Crippen molar-refractivity contribution in [2.24, 2.45) is 0 Å². The Hall–Kier alpha value is -1.53. The molecule has 1 heterocycles. The highest BCUT2D eigenvalue weighted by Gasteiger charge is 2.25. The summed E-state index contributed by atoms with van der Waals surface area (Å²) in [6.07, 6.45) is 1.53. The molecule has 0 amide bonds. The average molecular weight is 267 g/mol. The molecule has 0 aliphatic heterocycles. The zero-order chi connectivity index (χ0) is 14.8. The van der Waals surface area contributed by atoms with Gasteiger partial charge in [0.1, 0.15) is 0 Å². The summed E-state index contributed by atoms with van der Waals surface area (Å²) in [5.74, 6) is 0. The van der Waals surface area contributed by atoms with Crippen LogP contribution in [0.5, 0.6) is 0 Å². The van der Waals surface area contributed by atoms with E-state index in [1.807, 2.05) is 25.8 Å². The van der Waals surface area contributed by atoms with E-state index in [1.165, 1.54) is 6.20 Å². The molecule has 1 aromatic heterocycles. The summed E-state index contributed by atoms with van der Waals surface area (Å²) in [5.41, 5.74) is 1.55. The molecule has 0 unspecified atom stereocenters. The Kier molecular flexibility index (Phi) is 4.60. The maximum Gasteiger partial charge on any atom is 0.278 e. The Morgan fingerprint density at radius 1 is 1.47 bits per heavy atom. The third-order valence-electron chi connectivity index (χ3n) is 3.57. The summed E-state index contributed by atoms with van der Waals surface area (Å²) < 4.78 is 0. The first kappa shape index (κ1) is 15.5. The van der Waals surface area contributed by atoms with E-state index in [-0.39, 0.29) is 17.2 Å². The topological polar surface area (TPSA) is 79.5 Å². The lowest BCUT2D eigenvalue weighted by Crippen LogP contribution is -2.43. The third kappa shape index (κ3) is 3.27. The fourth-order valence-corrected chi connectivity index (χ4v) is 1.76. The van der Waals surface area contributed by atoms with Crippen molar-refractivity contribution in [2.45, 2.75) is 39.8 Å². The van der Waals surface area contributed by atoms with Crippen molar-refractivity contribution >= 4 is 5.69 Å². The Morgan fingerprint density at radius 2 is 2.05 bits per heavy atom. The predicted molar refractivity (Wildman–Crippen MR) is 73.0 cm³/mol. The summed E-state index contributed by atoms with van der Waals surface area (Å²) in [7, 11) is 1.86. The largest absolute Gasteiger partial charge is 0.394 e. The van der Waals surface area contributed by atoms with E-state index in [4.69, 9.17) is 0 Å². The number of aliphatic hydroxyl groups is 1. The van der Waals surface area contributed by atoms with Gasteiger partial charge in [0.15, 0.2) is 0 Å². The van der Waals surface area contributed by atoms with Crippen molar-refractivity contribution in [2.75, 3.05) is 13.7 Å². The molecule has 0 atom stereocenters. The predicted octanol–water partition coefficient (Wildman–Crippen LogP) is 1.81. The van der Waals surface area contributed by atoms with Gasteiger partial charge in [-0.05, 0) is 34.7 Å². The molecule has 0 spiro atoms. The molecule has 0 aliphatic rings. The lowest BCUT2D eigenvalue weighted by Gasteiger charge is -2.33. The molecular weight excluding hydrogens is 246 g/mol. The smallest absolute Gasteiger partial charge is 0.278 e. The number of pyridine rings is 1. The van der Waals surface area contributed by atoms with Gasteiger partial charge < -0.3 is 5.11 Å². The second-order valence-electron chi connectivity index (χ2n) is 5.45. The summed E-state index contributed by atoms with van der Waals surface area (Å²) in [4.78, 5) is 16.9. The van der Waals surface area contributed by atoms with Crippen LogP contribution in [-0.4, -0.2) is 39.1 Å². The van der Waals surface area contributed by atoms with Crippen LogP contribution in [0.4, 0.5) is 5.69 Å². The molecule has 0 aromatic carbocycles. The summed E-state index contributed by atoms with van der Waals surface area (Å²) in [5, 5.41) is 20.4. The first-order valence-electron chi connectivity index (χ1n) is 6.12. The van der Waals surface area contributed by atoms with E-state index in [0.717, 1.165) is 0 Å². The molecule has 0 bridgehead atoms. The van der Waals surface area contributed by atoms with Gasteiger partial charge in [0, 0.05) is 29.4 Å². The van der Waals surface area contributed by atoms with Gasteiger partial charge in [0.2, 0.25) is 0 Å². The van der Waals surface area contributed by atoms with E-state index in [2.05, 4.69) is 4.98 Å². The molecule has 106 valence electrons. The van der Waals surface area contributed by atoms with Crippen LogP contribution in [0.25, 0.3) is 0 Å². The number of nitro groups is 1. The Morgan fingerprint density at radius 3 is 2.53 bits per heavy atom. The van der Waals surface area contributed by atoms with Gasteiger partial charge >= 0.3 is 0 Å². The highest BCUT2D eigenvalue weighted by atomic mass is 16.6. The van der Waals surface area contributed by atoms with Crippen LogP contribution in [0.15, 0.2) is 6.20 Å². The van der Waals surface area contributed by atoms with Gasteiger partial charge in [-0.3, -0.25) is 20.0 Å². The summed E-state index contributed by atoms with van der Waals surface area (Å²) in [6.45, 7) is 7.68. The SMILES string of the molecule is Cc1cnc(CN(C)C(C)(C)CO)c(C)c1[N+](=O)[O-]. The van der Waals surface area contributed by atoms with E-state index in [9.17, 15) is 15.2 Å². The van der Waals surface area contributed by atoms with Crippen LogP contribution in [0.1, 0.15) is 30.7 Å². The standard InChI is InChI=1S/C13H21N3O3/c1-9-6-14-11(10(2)12(9)16(18)19)7-15(5)13(3,4)8-17/h6,17H,7-8H2,1-5H3. The minimum Gasteiger partial charge on any atom is -0.394 e. The fourth-order valence-electron chi connectivity index (χ4n) is 1.76. The Bertz CT molecular complexity index is 486. The van der Waals surface area contributed by atoms with Crippen LogP contribution >= 0.6 is 0 Å². The second kappa shape index (κ2) is 5.63. The Labute approximate surface area is 113 Å². The van der Waals surface area contributed by atoms with E-state index < -0.39 is 5.54 Å². The van der Waals surface area contributed by atoms with Gasteiger partial charge in [0.05, 0.1) is 17.2 Å². The lowest BCUT2D eigenvalue weighted by atomic mass is 10.0. The van der Waals surface area contributed by atoms with Crippen molar-refractivity contribution in [3.8, 4) is 0 Å². The number of nitrogens with zero attached hydrogens (tertiary/aromatic N) is 3. The normalized spacial score (nSPS) is 11.9. The molecule has 1 aromatic rings. The fraction of sp³-hybridized carbons (Fsp3) is 0.615. The van der Waals surface area contributed by atoms with Gasteiger partial charge in [-0.25, -0.2) is 0 Å². The zero-order valence-corrected chi connectivity index (χ0v) is 12.1. The number of aliphatic hydroxyl groups excluding tert-OH is 1. The van der Waals surface area contributed by atoms with E-state index >= 15 is 0 Å². The van der Waals surface area contributed by atoms with Crippen LogP contribution in [0.2, 0.25) is 0 Å². The van der Waals surface area contributed by atoms with Crippen molar-refractivity contribution in [3.05, 3.63) is 33.1 Å². The summed E-state index contributed by atoms with van der Waals surface area (Å²) >= 11 is 0. The van der Waals surface area contributed by atoms with Gasteiger partial charge in [0.25, 0.3) is 5.69 Å². The third-order valence-corrected chi connectivity index (χ3v) is 3.57. The van der Waals surface area contributed by atoms with Crippen molar-refractivity contribution < 1.29 is 10.0 Å². The van der Waals surface area contributed by atoms with Gasteiger partial charge in [-0.2, -0.15) is 0 Å². The van der Waals surface area contributed by atoms with E-state index in [1.54, 1.807) is 13.8 Å². The maximum atomic E-state index is 11.1. The van der Waals surface area contributed by atoms with Crippen molar-refractivity contribution in [1.29, 1.82) is 0 Å². The minimum absolute atomic E-state index is 0.0104. The molecular formula is C13H21N3O3. The van der Waals surface area contributed by atoms with E-state index in [0.29, 0.717) is 23.4 Å². The molecule has 0 saturated heterocycles. The first-order valence-corrected chi connectivity index (χ1v) is 6.12. The quantitative estimate of drug-likeness (QED) is 0.650. The molecule has 6 heteroatoms. The number of likely N-dealkylation sites (N-methyl/N-ethyl adjacent to an activating group) is 1. The maximum absolute atomic E-state index is 11.1. The number of rotatable bonds is 5. The molecule has 0 radical (unpaired) electrons. The van der Waals surface area contributed by atoms with Crippen LogP contribution < -0.4 is 0 Å². The molecule has 0 aliphatic carbocycles. The highest BCUT2D eigenvalue weighted by Crippen LogP contribution is 2.25. The molecule has 19 heavy (non-hydrogen) atoms. The van der Waals surface area contributed by atoms with Crippen LogP contribution in [0, 0.1) is 24.0 Å². The number of aryl methyl sites for hydroxylation is 1. The molecule has 1 N–H and O–H groups in total. The van der Waals surface area contributed by atoms with Crippen molar-refractivity contribution in [1.82, 2.24) is 9.88 Å². The number of aromatic nitrogens is 1. The van der Waals surface area contributed by atoms with Crippen LogP contribution in [-0.2, 0) is 6.54 Å². The highest BCUT2D eigenvalue weighted by molar-refractivity contribution is 5.47. The van der Waals surface area contributed by atoms with Gasteiger partial charge in [-0.1, -0.05) is 0 Å². The number of hydrogen-bond acceptors (Lipinski definition) is 5. The van der Waals surface area contributed by atoms with Crippen molar-refractivity contribution in [3.63, 3.8) is 0 Å². The first-order chi connectivity index (χ1) is 8.70. The monoisotopic (exact) mass is 267 g/mol. The zero-order valence-electron chi connectivity index (χ0n) is 12.1. The second-order valence-corrected chi connectivity index (χ2v) is 5.45. The average Bonchev–Trinajstić information content (AvgIpc) is 2.32. The van der Waals surface area contributed by atoms with Crippen LogP contribution in [0.3, 0.4) is 0 Å². The lowest BCUT2D eigenvalue weighted by molar-refractivity contribution is -0.386. The van der Waals surface area contributed by atoms with Gasteiger partial charge in [-0.15, -0.1) is 0 Å². The minimum atomic E-state index is -0.395.